The second-order valence-electron chi connectivity index (χ2n) is 5.99. The largest absolute Gasteiger partial charge is 0.497 e. The lowest BCUT2D eigenvalue weighted by molar-refractivity contribution is -0.222. The van der Waals surface area contributed by atoms with Crippen molar-refractivity contribution in [3.63, 3.8) is 0 Å². The van der Waals surface area contributed by atoms with Gasteiger partial charge in [-0.3, -0.25) is 0 Å². The minimum absolute atomic E-state index is 0.219. The number of anilines is 1. The van der Waals surface area contributed by atoms with Crippen molar-refractivity contribution in [2.24, 2.45) is 0 Å². The van der Waals surface area contributed by atoms with Gasteiger partial charge in [0.15, 0.2) is 5.57 Å². The third kappa shape index (κ3) is 3.96. The Balaban J connectivity index is 2.49. The molecule has 1 N–H and O–H groups in total. The molecular formula is C17H22N2O6. The van der Waals surface area contributed by atoms with Crippen molar-refractivity contribution < 1.29 is 28.5 Å². The summed E-state index contributed by atoms with van der Waals surface area (Å²) in [7, 11) is 6.42. The highest BCUT2D eigenvalue weighted by Gasteiger charge is 2.41. The van der Waals surface area contributed by atoms with Gasteiger partial charge in [0, 0.05) is 34.0 Å². The van der Waals surface area contributed by atoms with E-state index in [4.69, 9.17) is 18.9 Å². The first-order valence-electron chi connectivity index (χ1n) is 7.56. The Hall–Kier alpha value is -2.90. The van der Waals surface area contributed by atoms with Gasteiger partial charge < -0.3 is 29.2 Å². The Morgan fingerprint density at radius 3 is 2.16 bits per heavy atom. The molecule has 1 saturated heterocycles. The molecule has 8 nitrogen and oxygen atoms in total. The van der Waals surface area contributed by atoms with Crippen molar-refractivity contribution in [3.8, 4) is 11.5 Å². The minimum atomic E-state index is -1.30. The fourth-order valence-corrected chi connectivity index (χ4v) is 2.28. The number of hydrogen-bond acceptors (Lipinski definition) is 8. The van der Waals surface area contributed by atoms with Gasteiger partial charge in [0.1, 0.15) is 17.3 Å². The predicted octanol–water partition coefficient (Wildman–Crippen LogP) is 1.72. The van der Waals surface area contributed by atoms with Gasteiger partial charge in [0.05, 0.1) is 19.9 Å². The number of ether oxygens (including phenoxy) is 4. The zero-order chi connectivity index (χ0) is 18.8. The minimum Gasteiger partial charge on any atom is -0.497 e. The van der Waals surface area contributed by atoms with Gasteiger partial charge in [-0.2, -0.15) is 0 Å². The first-order valence-corrected chi connectivity index (χ1v) is 7.56. The SMILES string of the molecule is COc1ccc(OC)c(NC(=C2C(=O)OC(C)(C)OC2=O)N(C)C)c1. The molecule has 1 aromatic rings. The number of nitrogens with zero attached hydrogens (tertiary/aromatic N) is 1. The summed E-state index contributed by atoms with van der Waals surface area (Å²) in [4.78, 5) is 26.2. The molecule has 0 unspecified atom stereocenters. The van der Waals surface area contributed by atoms with Crippen LogP contribution in [0.2, 0.25) is 0 Å². The molecule has 2 rings (SSSR count). The van der Waals surface area contributed by atoms with E-state index in [1.807, 2.05) is 0 Å². The predicted molar refractivity (Wildman–Crippen MR) is 90.1 cm³/mol. The van der Waals surface area contributed by atoms with Gasteiger partial charge in [-0.1, -0.05) is 0 Å². The number of hydrogen-bond donors (Lipinski definition) is 1. The molecule has 8 heteroatoms. The standard InChI is InChI=1S/C17H22N2O6/c1-17(2)24-15(20)13(16(21)25-17)14(19(3)4)18-11-9-10(22-5)7-8-12(11)23-6/h7-9,18H,1-6H3. The van der Waals surface area contributed by atoms with E-state index in [0.717, 1.165) is 0 Å². The summed E-state index contributed by atoms with van der Waals surface area (Å²) in [6, 6.07) is 5.13. The molecule has 0 saturated carbocycles. The zero-order valence-electron chi connectivity index (χ0n) is 15.1. The van der Waals surface area contributed by atoms with Crippen LogP contribution in [0.25, 0.3) is 0 Å². The number of carbonyl (C=O) groups excluding carboxylic acids is 2. The van der Waals surface area contributed by atoms with Gasteiger partial charge in [-0.25, -0.2) is 9.59 Å². The van der Waals surface area contributed by atoms with E-state index in [-0.39, 0.29) is 11.4 Å². The van der Waals surface area contributed by atoms with Gasteiger partial charge in [-0.15, -0.1) is 0 Å². The van der Waals surface area contributed by atoms with Crippen molar-refractivity contribution in [1.29, 1.82) is 0 Å². The van der Waals surface area contributed by atoms with Crippen molar-refractivity contribution >= 4 is 17.6 Å². The molecule has 0 aliphatic carbocycles. The van der Waals surface area contributed by atoms with Crippen LogP contribution in [0, 0.1) is 0 Å². The van der Waals surface area contributed by atoms with Crippen LogP contribution in [0.3, 0.4) is 0 Å². The maximum Gasteiger partial charge on any atom is 0.352 e. The van der Waals surface area contributed by atoms with E-state index in [0.29, 0.717) is 17.2 Å². The summed E-state index contributed by atoms with van der Waals surface area (Å²) >= 11 is 0. The highest BCUT2D eigenvalue weighted by molar-refractivity contribution is 6.16. The zero-order valence-corrected chi connectivity index (χ0v) is 15.1. The van der Waals surface area contributed by atoms with Crippen LogP contribution in [-0.2, 0) is 19.1 Å². The Morgan fingerprint density at radius 1 is 1.08 bits per heavy atom. The second kappa shape index (κ2) is 6.92. The average molecular weight is 350 g/mol. The Morgan fingerprint density at radius 2 is 1.68 bits per heavy atom. The molecule has 136 valence electrons. The summed E-state index contributed by atoms with van der Waals surface area (Å²) in [6.45, 7) is 2.99. The highest BCUT2D eigenvalue weighted by Crippen LogP contribution is 2.32. The number of benzene rings is 1. The summed E-state index contributed by atoms with van der Waals surface area (Å²) in [5.74, 6) is -1.52. The van der Waals surface area contributed by atoms with Crippen LogP contribution < -0.4 is 14.8 Å². The molecule has 1 aliphatic rings. The lowest BCUT2D eigenvalue weighted by Crippen LogP contribution is -2.44. The van der Waals surface area contributed by atoms with Crippen molar-refractivity contribution in [3.05, 3.63) is 29.6 Å². The van der Waals surface area contributed by atoms with Gasteiger partial charge in [0.25, 0.3) is 5.79 Å². The number of nitrogens with one attached hydrogen (secondary N) is 1. The molecule has 0 atom stereocenters. The van der Waals surface area contributed by atoms with E-state index in [9.17, 15) is 9.59 Å². The van der Waals surface area contributed by atoms with Crippen LogP contribution in [0.4, 0.5) is 5.69 Å². The Kier molecular flexibility index (Phi) is 5.10. The molecule has 1 aliphatic heterocycles. The van der Waals surface area contributed by atoms with Crippen LogP contribution >= 0.6 is 0 Å². The van der Waals surface area contributed by atoms with Crippen molar-refractivity contribution in [2.45, 2.75) is 19.6 Å². The van der Waals surface area contributed by atoms with Crippen LogP contribution in [0.15, 0.2) is 29.6 Å². The fourth-order valence-electron chi connectivity index (χ4n) is 2.28. The Bertz CT molecular complexity index is 702. The molecule has 0 bridgehead atoms. The van der Waals surface area contributed by atoms with Crippen LogP contribution in [-0.4, -0.2) is 50.9 Å². The molecule has 1 aromatic carbocycles. The average Bonchev–Trinajstić information content (AvgIpc) is 2.51. The summed E-state index contributed by atoms with van der Waals surface area (Å²) in [5, 5.41) is 3.03. The third-order valence-corrected chi connectivity index (χ3v) is 3.43. The molecule has 1 fully saturated rings. The van der Waals surface area contributed by atoms with E-state index >= 15 is 0 Å². The molecule has 0 amide bonds. The summed E-state index contributed by atoms with van der Waals surface area (Å²) in [6.07, 6.45) is 0. The third-order valence-electron chi connectivity index (χ3n) is 3.43. The van der Waals surface area contributed by atoms with E-state index < -0.39 is 17.7 Å². The van der Waals surface area contributed by atoms with Gasteiger partial charge >= 0.3 is 11.9 Å². The quantitative estimate of drug-likeness (QED) is 0.488. The number of methoxy groups -OCH3 is 2. The van der Waals surface area contributed by atoms with Crippen LogP contribution in [0.5, 0.6) is 11.5 Å². The number of esters is 2. The normalized spacial score (nSPS) is 15.8. The first-order chi connectivity index (χ1) is 11.7. The lowest BCUT2D eigenvalue weighted by atomic mass is 10.2. The fraction of sp³-hybridized carbons (Fsp3) is 0.412. The molecule has 0 radical (unpaired) electrons. The molecular weight excluding hydrogens is 328 g/mol. The summed E-state index contributed by atoms with van der Waals surface area (Å²) < 4.78 is 20.8. The first kappa shape index (κ1) is 18.4. The topological polar surface area (TPSA) is 86.3 Å². The van der Waals surface area contributed by atoms with Gasteiger partial charge in [0.2, 0.25) is 0 Å². The molecule has 25 heavy (non-hydrogen) atoms. The monoisotopic (exact) mass is 350 g/mol. The highest BCUT2D eigenvalue weighted by atomic mass is 16.7. The molecule has 0 spiro atoms. The van der Waals surface area contributed by atoms with Gasteiger partial charge in [-0.05, 0) is 12.1 Å². The second-order valence-corrected chi connectivity index (χ2v) is 5.99. The maximum atomic E-state index is 12.3. The number of carbonyl (C=O) groups is 2. The van der Waals surface area contributed by atoms with E-state index in [2.05, 4.69) is 5.32 Å². The van der Waals surface area contributed by atoms with E-state index in [1.165, 1.54) is 28.1 Å². The van der Waals surface area contributed by atoms with Crippen molar-refractivity contribution in [1.82, 2.24) is 4.90 Å². The smallest absolute Gasteiger partial charge is 0.352 e. The molecule has 1 heterocycles. The number of cyclic esters (lactones) is 2. The molecule has 0 aromatic heterocycles. The van der Waals surface area contributed by atoms with Crippen LogP contribution in [0.1, 0.15) is 13.8 Å². The Labute approximate surface area is 146 Å². The lowest BCUT2D eigenvalue weighted by Gasteiger charge is -2.32. The van der Waals surface area contributed by atoms with E-state index in [1.54, 1.807) is 37.2 Å². The maximum absolute atomic E-state index is 12.3. The number of rotatable bonds is 5. The van der Waals surface area contributed by atoms with Crippen molar-refractivity contribution in [2.75, 3.05) is 33.6 Å². The summed E-state index contributed by atoms with van der Waals surface area (Å²) in [5.41, 5.74) is 0.290.